The molecule has 2 nitrogen and oxygen atoms in total. The highest BCUT2D eigenvalue weighted by molar-refractivity contribution is 9.10. The summed E-state index contributed by atoms with van der Waals surface area (Å²) in [5, 5.41) is 0. The first-order valence-electron chi connectivity index (χ1n) is 4.88. The van der Waals surface area contributed by atoms with Gasteiger partial charge in [-0.3, -0.25) is 0 Å². The topological polar surface area (TPSA) is 12.5 Å². The first-order valence-corrected chi connectivity index (χ1v) is 5.67. The molecule has 2 rings (SSSR count). The molecule has 1 heterocycles. The van der Waals surface area contributed by atoms with E-state index in [0.717, 1.165) is 24.2 Å². The lowest BCUT2D eigenvalue weighted by atomic mass is 10.2. The van der Waals surface area contributed by atoms with Crippen LogP contribution in [0.4, 0.5) is 5.69 Å². The van der Waals surface area contributed by atoms with E-state index in [9.17, 15) is 0 Å². The maximum absolute atomic E-state index is 5.50. The highest BCUT2D eigenvalue weighted by Gasteiger charge is 2.16. The fraction of sp³-hybridized carbons (Fsp3) is 0.455. The quantitative estimate of drug-likeness (QED) is 0.766. The molecule has 76 valence electrons. The summed E-state index contributed by atoms with van der Waals surface area (Å²) in [6.07, 6.45) is 0.340. The molecule has 0 aromatic heterocycles. The number of hydrogen-bond donors (Lipinski definition) is 0. The first kappa shape index (κ1) is 9.99. The molecule has 0 aliphatic carbocycles. The van der Waals surface area contributed by atoms with Crippen molar-refractivity contribution in [2.45, 2.75) is 13.0 Å². The van der Waals surface area contributed by atoms with Crippen LogP contribution in [0.3, 0.4) is 0 Å². The van der Waals surface area contributed by atoms with Crippen molar-refractivity contribution in [1.29, 1.82) is 0 Å². The van der Waals surface area contributed by atoms with Crippen LogP contribution in [0.15, 0.2) is 28.7 Å². The molecule has 1 aromatic carbocycles. The van der Waals surface area contributed by atoms with Gasteiger partial charge in [-0.1, -0.05) is 15.9 Å². The van der Waals surface area contributed by atoms with Crippen molar-refractivity contribution in [2.24, 2.45) is 0 Å². The standard InChI is InChI=1S/C11H14BrNO/c1-9-8-13(6-7-14-9)11-4-2-10(12)3-5-11/h2-5,9H,6-8H2,1H3/t9-/m0/s1. The van der Waals surface area contributed by atoms with Crippen LogP contribution in [-0.2, 0) is 4.74 Å². The molecule has 1 atom stereocenters. The highest BCUT2D eigenvalue weighted by Crippen LogP contribution is 2.20. The Morgan fingerprint density at radius 3 is 2.71 bits per heavy atom. The van der Waals surface area contributed by atoms with Crippen molar-refractivity contribution in [3.63, 3.8) is 0 Å². The minimum Gasteiger partial charge on any atom is -0.375 e. The number of rotatable bonds is 1. The Kier molecular flexibility index (Phi) is 3.08. The summed E-state index contributed by atoms with van der Waals surface area (Å²) >= 11 is 3.44. The summed E-state index contributed by atoms with van der Waals surface area (Å²) < 4.78 is 6.63. The van der Waals surface area contributed by atoms with Gasteiger partial charge in [0.25, 0.3) is 0 Å². The zero-order valence-electron chi connectivity index (χ0n) is 8.24. The summed E-state index contributed by atoms with van der Waals surface area (Å²) in [6.45, 7) is 4.93. The SMILES string of the molecule is C[C@H]1CN(c2ccc(Br)cc2)CCO1. The van der Waals surface area contributed by atoms with E-state index in [1.54, 1.807) is 0 Å². The summed E-state index contributed by atoms with van der Waals surface area (Å²) in [6, 6.07) is 8.44. The zero-order valence-corrected chi connectivity index (χ0v) is 9.83. The van der Waals surface area contributed by atoms with Gasteiger partial charge in [-0.15, -0.1) is 0 Å². The van der Waals surface area contributed by atoms with Gasteiger partial charge in [-0.05, 0) is 31.2 Å². The van der Waals surface area contributed by atoms with Gasteiger partial charge >= 0.3 is 0 Å². The van der Waals surface area contributed by atoms with Crippen LogP contribution in [0.1, 0.15) is 6.92 Å². The van der Waals surface area contributed by atoms with Crippen LogP contribution in [0.5, 0.6) is 0 Å². The molecule has 1 aliphatic heterocycles. The van der Waals surface area contributed by atoms with Crippen molar-refractivity contribution < 1.29 is 4.74 Å². The van der Waals surface area contributed by atoms with E-state index in [1.165, 1.54) is 5.69 Å². The minimum atomic E-state index is 0.340. The second kappa shape index (κ2) is 4.32. The van der Waals surface area contributed by atoms with Crippen molar-refractivity contribution in [1.82, 2.24) is 0 Å². The van der Waals surface area contributed by atoms with Crippen molar-refractivity contribution in [3.8, 4) is 0 Å². The van der Waals surface area contributed by atoms with E-state index in [2.05, 4.69) is 52.0 Å². The summed E-state index contributed by atoms with van der Waals surface area (Å²) in [5.74, 6) is 0. The number of morpholine rings is 1. The van der Waals surface area contributed by atoms with Gasteiger partial charge in [-0.2, -0.15) is 0 Å². The number of halogens is 1. The van der Waals surface area contributed by atoms with E-state index < -0.39 is 0 Å². The fourth-order valence-corrected chi connectivity index (χ4v) is 1.97. The summed E-state index contributed by atoms with van der Waals surface area (Å²) in [4.78, 5) is 2.36. The molecule has 1 saturated heterocycles. The Hall–Kier alpha value is -0.540. The van der Waals surface area contributed by atoms with Gasteiger partial charge in [0.1, 0.15) is 0 Å². The van der Waals surface area contributed by atoms with Gasteiger partial charge in [0.2, 0.25) is 0 Å². The average Bonchev–Trinajstić information content (AvgIpc) is 2.19. The number of ether oxygens (including phenoxy) is 1. The minimum absolute atomic E-state index is 0.340. The van der Waals surface area contributed by atoms with Crippen LogP contribution in [0, 0.1) is 0 Å². The van der Waals surface area contributed by atoms with Crippen LogP contribution in [0.2, 0.25) is 0 Å². The second-order valence-corrected chi connectivity index (χ2v) is 4.52. The lowest BCUT2D eigenvalue weighted by Gasteiger charge is -2.32. The van der Waals surface area contributed by atoms with Crippen molar-refractivity contribution >= 4 is 21.6 Å². The van der Waals surface area contributed by atoms with Gasteiger partial charge in [0.05, 0.1) is 12.7 Å². The Morgan fingerprint density at radius 1 is 1.36 bits per heavy atom. The van der Waals surface area contributed by atoms with E-state index in [0.29, 0.717) is 6.10 Å². The molecule has 1 aromatic rings. The van der Waals surface area contributed by atoms with Gasteiger partial charge in [0.15, 0.2) is 0 Å². The van der Waals surface area contributed by atoms with E-state index in [4.69, 9.17) is 4.74 Å². The smallest absolute Gasteiger partial charge is 0.0722 e. The van der Waals surface area contributed by atoms with Gasteiger partial charge in [0, 0.05) is 23.2 Å². The van der Waals surface area contributed by atoms with Gasteiger partial charge in [-0.25, -0.2) is 0 Å². The molecule has 0 bridgehead atoms. The zero-order chi connectivity index (χ0) is 9.97. The largest absolute Gasteiger partial charge is 0.375 e. The molecular weight excluding hydrogens is 242 g/mol. The number of benzene rings is 1. The number of anilines is 1. The third-order valence-corrected chi connectivity index (χ3v) is 2.96. The third-order valence-electron chi connectivity index (χ3n) is 2.43. The molecule has 1 fully saturated rings. The average molecular weight is 256 g/mol. The molecule has 1 aliphatic rings. The maximum Gasteiger partial charge on any atom is 0.0722 e. The van der Waals surface area contributed by atoms with E-state index in [1.807, 2.05) is 0 Å². The monoisotopic (exact) mass is 255 g/mol. The molecule has 0 unspecified atom stereocenters. The Bertz CT molecular complexity index is 299. The Labute approximate surface area is 93.0 Å². The molecular formula is C11H14BrNO. The lowest BCUT2D eigenvalue weighted by Crippen LogP contribution is -2.41. The summed E-state index contributed by atoms with van der Waals surface area (Å²) in [5.41, 5.74) is 1.28. The van der Waals surface area contributed by atoms with Crippen molar-refractivity contribution in [3.05, 3.63) is 28.7 Å². The second-order valence-electron chi connectivity index (χ2n) is 3.60. The highest BCUT2D eigenvalue weighted by atomic mass is 79.9. The van der Waals surface area contributed by atoms with Crippen LogP contribution >= 0.6 is 15.9 Å². The molecule has 0 amide bonds. The van der Waals surface area contributed by atoms with Crippen molar-refractivity contribution in [2.75, 3.05) is 24.6 Å². The van der Waals surface area contributed by atoms with Crippen LogP contribution in [-0.4, -0.2) is 25.8 Å². The molecule has 0 spiro atoms. The van der Waals surface area contributed by atoms with Crippen LogP contribution < -0.4 is 4.90 Å². The first-order chi connectivity index (χ1) is 6.75. The van der Waals surface area contributed by atoms with Crippen LogP contribution in [0.25, 0.3) is 0 Å². The molecule has 0 radical (unpaired) electrons. The lowest BCUT2D eigenvalue weighted by molar-refractivity contribution is 0.0532. The molecule has 3 heteroatoms. The maximum atomic E-state index is 5.50. The third kappa shape index (κ3) is 2.28. The molecule has 14 heavy (non-hydrogen) atoms. The van der Waals surface area contributed by atoms with Gasteiger partial charge < -0.3 is 9.64 Å². The predicted octanol–water partition coefficient (Wildman–Crippen LogP) is 2.67. The predicted molar refractivity (Wildman–Crippen MR) is 61.8 cm³/mol. The normalized spacial score (nSPS) is 22.4. The summed E-state index contributed by atoms with van der Waals surface area (Å²) in [7, 11) is 0. The fourth-order valence-electron chi connectivity index (χ4n) is 1.70. The Morgan fingerprint density at radius 2 is 2.07 bits per heavy atom. The Balaban J connectivity index is 2.10. The molecule has 0 saturated carbocycles. The number of hydrogen-bond acceptors (Lipinski definition) is 2. The van der Waals surface area contributed by atoms with E-state index in [-0.39, 0.29) is 0 Å². The molecule has 0 N–H and O–H groups in total. The van der Waals surface area contributed by atoms with E-state index >= 15 is 0 Å². The number of nitrogens with zero attached hydrogens (tertiary/aromatic N) is 1.